The SMILES string of the molecule is Cc1cc(=O)c(C(=O)N(Cc2c(F)cccc2Cl)C2CC2)nn1-c1ccccc1C(F)(F)F. The number of hydrogen-bond acceptors (Lipinski definition) is 3. The van der Waals surface area contributed by atoms with Gasteiger partial charge in [0, 0.05) is 28.4 Å². The molecule has 1 heterocycles. The molecule has 4 rings (SSSR count). The second-order valence-corrected chi connectivity index (χ2v) is 8.20. The number of para-hydroxylation sites is 1. The number of rotatable bonds is 5. The van der Waals surface area contributed by atoms with Crippen molar-refractivity contribution in [3.8, 4) is 5.69 Å². The lowest BCUT2D eigenvalue weighted by Gasteiger charge is -2.23. The first-order chi connectivity index (χ1) is 15.6. The minimum atomic E-state index is -4.67. The fraction of sp³-hybridized carbons (Fsp3) is 0.261. The van der Waals surface area contributed by atoms with E-state index in [1.54, 1.807) is 0 Å². The predicted octanol–water partition coefficient (Wildman–Crippen LogP) is 5.16. The third-order valence-corrected chi connectivity index (χ3v) is 5.74. The molecule has 1 aromatic heterocycles. The van der Waals surface area contributed by atoms with E-state index in [2.05, 4.69) is 5.10 Å². The highest BCUT2D eigenvalue weighted by Crippen LogP contribution is 2.34. The van der Waals surface area contributed by atoms with E-state index in [4.69, 9.17) is 11.6 Å². The Morgan fingerprint density at radius 3 is 2.52 bits per heavy atom. The molecule has 2 aromatic carbocycles. The summed E-state index contributed by atoms with van der Waals surface area (Å²) in [7, 11) is 0. The smallest absolute Gasteiger partial charge is 0.330 e. The van der Waals surface area contributed by atoms with Gasteiger partial charge in [-0.15, -0.1) is 0 Å². The van der Waals surface area contributed by atoms with E-state index in [0.717, 1.165) is 16.8 Å². The van der Waals surface area contributed by atoms with Crippen molar-refractivity contribution in [2.45, 2.75) is 38.5 Å². The van der Waals surface area contributed by atoms with Gasteiger partial charge in [-0.05, 0) is 44.0 Å². The van der Waals surface area contributed by atoms with Crippen molar-refractivity contribution in [1.82, 2.24) is 14.7 Å². The molecule has 3 aromatic rings. The zero-order chi connectivity index (χ0) is 23.9. The topological polar surface area (TPSA) is 55.2 Å². The fourth-order valence-corrected chi connectivity index (χ4v) is 3.80. The number of carbonyl (C=O) groups excluding carboxylic acids is 1. The van der Waals surface area contributed by atoms with Crippen LogP contribution in [0.5, 0.6) is 0 Å². The number of aryl methyl sites for hydroxylation is 1. The molecule has 1 amide bonds. The lowest BCUT2D eigenvalue weighted by molar-refractivity contribution is -0.137. The Morgan fingerprint density at radius 2 is 1.88 bits per heavy atom. The number of aromatic nitrogens is 2. The molecule has 1 fully saturated rings. The molecule has 1 aliphatic carbocycles. The Labute approximate surface area is 191 Å². The van der Waals surface area contributed by atoms with Crippen LogP contribution in [0, 0.1) is 12.7 Å². The molecule has 1 saturated carbocycles. The Morgan fingerprint density at radius 1 is 1.18 bits per heavy atom. The molecular weight excluding hydrogens is 462 g/mol. The van der Waals surface area contributed by atoms with Crippen LogP contribution in [0.4, 0.5) is 17.6 Å². The highest BCUT2D eigenvalue weighted by molar-refractivity contribution is 6.31. The van der Waals surface area contributed by atoms with Gasteiger partial charge in [-0.3, -0.25) is 9.59 Å². The highest BCUT2D eigenvalue weighted by Gasteiger charge is 2.37. The van der Waals surface area contributed by atoms with Crippen molar-refractivity contribution >= 4 is 17.5 Å². The molecule has 10 heteroatoms. The van der Waals surface area contributed by atoms with Crippen LogP contribution in [0.15, 0.2) is 53.3 Å². The second kappa shape index (κ2) is 8.62. The lowest BCUT2D eigenvalue weighted by Crippen LogP contribution is -2.37. The summed E-state index contributed by atoms with van der Waals surface area (Å²) in [6.45, 7) is 1.23. The van der Waals surface area contributed by atoms with E-state index in [1.165, 1.54) is 48.2 Å². The molecule has 0 aliphatic heterocycles. The first kappa shape index (κ1) is 23.0. The van der Waals surface area contributed by atoms with Crippen LogP contribution >= 0.6 is 11.6 Å². The van der Waals surface area contributed by atoms with Crippen molar-refractivity contribution in [3.05, 3.63) is 92.1 Å². The molecule has 0 spiro atoms. The van der Waals surface area contributed by atoms with Gasteiger partial charge in [0.1, 0.15) is 5.82 Å². The molecule has 1 aliphatic rings. The third-order valence-electron chi connectivity index (χ3n) is 5.39. The fourth-order valence-electron chi connectivity index (χ4n) is 3.58. The maximum Gasteiger partial charge on any atom is 0.418 e. The maximum absolute atomic E-state index is 14.3. The molecule has 0 saturated heterocycles. The second-order valence-electron chi connectivity index (χ2n) is 7.79. The summed E-state index contributed by atoms with van der Waals surface area (Å²) in [4.78, 5) is 27.2. The summed E-state index contributed by atoms with van der Waals surface area (Å²) in [6, 6.07) is 9.70. The zero-order valence-electron chi connectivity index (χ0n) is 17.4. The van der Waals surface area contributed by atoms with Gasteiger partial charge >= 0.3 is 6.18 Å². The number of benzene rings is 2. The van der Waals surface area contributed by atoms with Gasteiger partial charge < -0.3 is 4.90 Å². The first-order valence-corrected chi connectivity index (χ1v) is 10.5. The number of alkyl halides is 3. The Hall–Kier alpha value is -3.20. The number of halogens is 5. The van der Waals surface area contributed by atoms with Crippen LogP contribution in [0.25, 0.3) is 5.69 Å². The largest absolute Gasteiger partial charge is 0.418 e. The lowest BCUT2D eigenvalue weighted by atomic mass is 10.1. The highest BCUT2D eigenvalue weighted by atomic mass is 35.5. The summed E-state index contributed by atoms with van der Waals surface area (Å²) in [5, 5.41) is 4.15. The van der Waals surface area contributed by atoms with Crippen LogP contribution in [0.2, 0.25) is 5.02 Å². The predicted molar refractivity (Wildman–Crippen MR) is 114 cm³/mol. The molecule has 0 radical (unpaired) electrons. The van der Waals surface area contributed by atoms with E-state index >= 15 is 0 Å². The van der Waals surface area contributed by atoms with Crippen LogP contribution in [0.3, 0.4) is 0 Å². The average Bonchev–Trinajstić information content (AvgIpc) is 3.58. The monoisotopic (exact) mass is 479 g/mol. The normalized spacial score (nSPS) is 13.8. The van der Waals surface area contributed by atoms with Crippen LogP contribution in [-0.4, -0.2) is 26.6 Å². The molecule has 33 heavy (non-hydrogen) atoms. The summed E-state index contributed by atoms with van der Waals surface area (Å²) in [6.07, 6.45) is -3.37. The molecule has 0 atom stereocenters. The van der Waals surface area contributed by atoms with Crippen molar-refractivity contribution in [2.24, 2.45) is 0 Å². The summed E-state index contributed by atoms with van der Waals surface area (Å²) in [5.74, 6) is -1.39. The van der Waals surface area contributed by atoms with Crippen molar-refractivity contribution in [1.29, 1.82) is 0 Å². The standard InChI is InChI=1S/C23H18ClF4N3O2/c1-13-11-20(32)21(29-31(13)19-8-3-2-5-16(19)23(26,27)28)22(33)30(14-9-10-14)12-15-17(24)6-4-7-18(15)25/h2-8,11,14H,9-10,12H2,1H3. The van der Waals surface area contributed by atoms with Crippen molar-refractivity contribution in [2.75, 3.05) is 0 Å². The van der Waals surface area contributed by atoms with Crippen molar-refractivity contribution < 1.29 is 22.4 Å². The zero-order valence-corrected chi connectivity index (χ0v) is 18.1. The quantitative estimate of drug-likeness (QED) is 0.475. The molecule has 0 unspecified atom stereocenters. The number of carbonyl (C=O) groups is 1. The van der Waals surface area contributed by atoms with Crippen LogP contribution in [-0.2, 0) is 12.7 Å². The molecule has 0 bridgehead atoms. The Bertz CT molecular complexity index is 1270. The van der Waals surface area contributed by atoms with Gasteiger partial charge in [0.2, 0.25) is 5.43 Å². The van der Waals surface area contributed by atoms with Crippen LogP contribution < -0.4 is 5.43 Å². The summed E-state index contributed by atoms with van der Waals surface area (Å²) in [5.41, 5.74) is -2.33. The minimum Gasteiger partial charge on any atom is -0.330 e. The first-order valence-electron chi connectivity index (χ1n) is 10.1. The van der Waals surface area contributed by atoms with E-state index in [9.17, 15) is 27.2 Å². The summed E-state index contributed by atoms with van der Waals surface area (Å²) >= 11 is 6.10. The van der Waals surface area contributed by atoms with Gasteiger partial charge in [0.25, 0.3) is 5.91 Å². The van der Waals surface area contributed by atoms with E-state index in [1.807, 2.05) is 0 Å². The maximum atomic E-state index is 14.3. The summed E-state index contributed by atoms with van der Waals surface area (Å²) < 4.78 is 55.9. The van der Waals surface area contributed by atoms with Gasteiger partial charge in [0.05, 0.1) is 17.8 Å². The molecular formula is C23H18ClF4N3O2. The Kier molecular flexibility index (Phi) is 6.00. The Balaban J connectivity index is 1.78. The van der Waals surface area contributed by atoms with E-state index < -0.39 is 34.6 Å². The van der Waals surface area contributed by atoms with Crippen molar-refractivity contribution in [3.63, 3.8) is 0 Å². The van der Waals surface area contributed by atoms with Gasteiger partial charge in [0.15, 0.2) is 5.69 Å². The minimum absolute atomic E-state index is 0.0919. The molecule has 5 nitrogen and oxygen atoms in total. The van der Waals surface area contributed by atoms with Gasteiger partial charge in [-0.1, -0.05) is 29.8 Å². The number of hydrogen-bond donors (Lipinski definition) is 0. The van der Waals surface area contributed by atoms with Gasteiger partial charge in [-0.25, -0.2) is 9.07 Å². The third kappa shape index (κ3) is 4.64. The van der Waals surface area contributed by atoms with E-state index in [0.29, 0.717) is 12.8 Å². The number of amides is 1. The number of nitrogens with zero attached hydrogens (tertiary/aromatic N) is 3. The molecule has 172 valence electrons. The average molecular weight is 480 g/mol. The van der Waals surface area contributed by atoms with E-state index in [-0.39, 0.29) is 34.6 Å². The van der Waals surface area contributed by atoms with Crippen LogP contribution in [0.1, 0.15) is 40.2 Å². The van der Waals surface area contributed by atoms with Gasteiger partial charge in [-0.2, -0.15) is 18.3 Å². The molecule has 0 N–H and O–H groups in total.